The number of esters is 1. The molecule has 0 unspecified atom stereocenters. The summed E-state index contributed by atoms with van der Waals surface area (Å²) in [5.41, 5.74) is 0.137. The van der Waals surface area contributed by atoms with Crippen LogP contribution in [0.2, 0.25) is 0 Å². The van der Waals surface area contributed by atoms with Gasteiger partial charge in [0.05, 0.1) is 12.4 Å². The zero-order valence-corrected chi connectivity index (χ0v) is 27.1. The molecule has 0 aromatic carbocycles. The lowest BCUT2D eigenvalue weighted by Gasteiger charge is -2.58. The molecule has 5 aliphatic carbocycles. The minimum atomic E-state index is -0.543. The van der Waals surface area contributed by atoms with Crippen molar-refractivity contribution in [3.05, 3.63) is 11.3 Å². The van der Waals surface area contributed by atoms with Crippen molar-refractivity contribution in [2.75, 3.05) is 19.7 Å². The fourth-order valence-corrected chi connectivity index (χ4v) is 10.8. The first-order valence-electron chi connectivity index (χ1n) is 17.2. The van der Waals surface area contributed by atoms with Crippen LogP contribution in [0.15, 0.2) is 11.3 Å². The summed E-state index contributed by atoms with van der Waals surface area (Å²) in [7, 11) is 0. The number of carbonyl (C=O) groups is 4. The van der Waals surface area contributed by atoms with E-state index in [1.165, 1.54) is 5.57 Å². The quantitative estimate of drug-likeness (QED) is 0.285. The molecule has 0 spiro atoms. The van der Waals surface area contributed by atoms with E-state index >= 15 is 0 Å². The highest BCUT2D eigenvalue weighted by atomic mass is 16.6. The van der Waals surface area contributed by atoms with Gasteiger partial charge in [-0.15, -0.1) is 0 Å². The Bertz CT molecular complexity index is 1200. The number of piperidine rings is 1. The minimum absolute atomic E-state index is 0.00741. The molecule has 0 bridgehead atoms. The topological polar surface area (TPSA) is 98.8 Å². The Hall–Kier alpha value is -2.02. The Morgan fingerprint density at radius 1 is 0.977 bits per heavy atom. The number of allylic oxidation sites excluding steroid dienone is 2. The molecule has 43 heavy (non-hydrogen) atoms. The molecule has 1 saturated heterocycles. The molecule has 5 fully saturated rings. The van der Waals surface area contributed by atoms with E-state index in [2.05, 4.69) is 26.1 Å². The number of Topliss-reactive ketones (excluding diaryl/α,β-unsaturated/α-hetero) is 3. The molecule has 6 aliphatic rings. The Balaban J connectivity index is 1.15. The Morgan fingerprint density at radius 3 is 2.47 bits per heavy atom. The van der Waals surface area contributed by atoms with Gasteiger partial charge in [-0.1, -0.05) is 20.8 Å². The van der Waals surface area contributed by atoms with Crippen LogP contribution in [0.1, 0.15) is 112 Å². The third-order valence-corrected chi connectivity index (χ3v) is 13.4. The van der Waals surface area contributed by atoms with Gasteiger partial charge in [0.25, 0.3) is 0 Å². The number of nitrogens with one attached hydrogen (secondary N) is 1. The number of ether oxygens (including phenoxy) is 2. The molecular weight excluding hydrogens is 542 g/mol. The second kappa shape index (κ2) is 11.4. The molecule has 4 saturated carbocycles. The van der Waals surface area contributed by atoms with Crippen LogP contribution in [-0.4, -0.2) is 48.6 Å². The summed E-state index contributed by atoms with van der Waals surface area (Å²) in [6.07, 6.45) is 8.36. The van der Waals surface area contributed by atoms with E-state index in [-0.39, 0.29) is 52.5 Å². The van der Waals surface area contributed by atoms with Crippen LogP contribution in [0.3, 0.4) is 0 Å². The van der Waals surface area contributed by atoms with Crippen molar-refractivity contribution in [3.63, 3.8) is 0 Å². The molecule has 7 heteroatoms. The van der Waals surface area contributed by atoms with E-state index < -0.39 is 11.0 Å². The van der Waals surface area contributed by atoms with Gasteiger partial charge in [0, 0.05) is 55.8 Å². The molecule has 7 nitrogen and oxygen atoms in total. The first-order chi connectivity index (χ1) is 20.4. The van der Waals surface area contributed by atoms with Gasteiger partial charge in [0.2, 0.25) is 0 Å². The fourth-order valence-electron chi connectivity index (χ4n) is 10.8. The number of hydrogen-bond acceptors (Lipinski definition) is 7. The van der Waals surface area contributed by atoms with Gasteiger partial charge in [0.1, 0.15) is 23.0 Å². The lowest BCUT2D eigenvalue weighted by Crippen LogP contribution is -2.60. The van der Waals surface area contributed by atoms with E-state index in [1.807, 2.05) is 13.8 Å². The van der Waals surface area contributed by atoms with Crippen LogP contribution in [-0.2, 0) is 28.7 Å². The first kappa shape index (κ1) is 31.0. The third-order valence-electron chi connectivity index (χ3n) is 13.4. The second-order valence-corrected chi connectivity index (χ2v) is 16.0. The van der Waals surface area contributed by atoms with E-state index in [1.54, 1.807) is 0 Å². The fraction of sp³-hybridized carbons (Fsp3) is 0.833. The van der Waals surface area contributed by atoms with Crippen LogP contribution in [0.25, 0.3) is 0 Å². The van der Waals surface area contributed by atoms with Crippen molar-refractivity contribution >= 4 is 23.3 Å². The number of hydrogen-bond donors (Lipinski definition) is 1. The highest BCUT2D eigenvalue weighted by Crippen LogP contribution is 2.68. The summed E-state index contributed by atoms with van der Waals surface area (Å²) < 4.78 is 12.4. The molecule has 0 aromatic heterocycles. The maximum Gasteiger partial charge on any atom is 0.306 e. The maximum absolute atomic E-state index is 14.2. The summed E-state index contributed by atoms with van der Waals surface area (Å²) in [6.45, 7) is 13.1. The predicted molar refractivity (Wildman–Crippen MR) is 163 cm³/mol. The van der Waals surface area contributed by atoms with Crippen LogP contribution in [0.4, 0.5) is 0 Å². The number of rotatable bonds is 7. The van der Waals surface area contributed by atoms with Crippen molar-refractivity contribution in [3.8, 4) is 0 Å². The van der Waals surface area contributed by atoms with Gasteiger partial charge < -0.3 is 14.8 Å². The van der Waals surface area contributed by atoms with Gasteiger partial charge in [0.15, 0.2) is 0 Å². The van der Waals surface area contributed by atoms with Crippen LogP contribution in [0.5, 0.6) is 0 Å². The summed E-state index contributed by atoms with van der Waals surface area (Å²) in [5.74, 6) is 2.57. The molecular formula is C36H53NO6. The Morgan fingerprint density at radius 2 is 1.72 bits per heavy atom. The number of carbonyl (C=O) groups excluding carboxylic acids is 4. The van der Waals surface area contributed by atoms with Crippen LogP contribution in [0, 0.1) is 52.3 Å². The summed E-state index contributed by atoms with van der Waals surface area (Å²) in [6, 6.07) is 0. The highest BCUT2D eigenvalue weighted by molar-refractivity contribution is 5.93. The third kappa shape index (κ3) is 5.23. The Labute approximate surface area is 257 Å². The molecule has 1 heterocycles. The monoisotopic (exact) mass is 595 g/mol. The van der Waals surface area contributed by atoms with Crippen molar-refractivity contribution < 1.29 is 28.7 Å². The molecule has 0 amide bonds. The maximum atomic E-state index is 14.2. The number of ketones is 3. The molecule has 1 aliphatic heterocycles. The summed E-state index contributed by atoms with van der Waals surface area (Å²) >= 11 is 0. The van der Waals surface area contributed by atoms with Gasteiger partial charge in [-0.25, -0.2) is 0 Å². The Kier molecular flexibility index (Phi) is 8.22. The zero-order chi connectivity index (χ0) is 30.7. The van der Waals surface area contributed by atoms with Crippen molar-refractivity contribution in [1.29, 1.82) is 0 Å². The minimum Gasteiger partial charge on any atom is -0.498 e. The van der Waals surface area contributed by atoms with Crippen molar-refractivity contribution in [2.24, 2.45) is 52.3 Å². The van der Waals surface area contributed by atoms with Crippen molar-refractivity contribution in [2.45, 2.75) is 117 Å². The molecule has 0 radical (unpaired) electrons. The van der Waals surface area contributed by atoms with Crippen LogP contribution < -0.4 is 5.32 Å². The average molecular weight is 596 g/mol. The van der Waals surface area contributed by atoms with E-state index in [0.717, 1.165) is 57.4 Å². The summed E-state index contributed by atoms with van der Waals surface area (Å²) in [4.78, 5) is 53.1. The highest BCUT2D eigenvalue weighted by Gasteiger charge is 2.68. The largest absolute Gasteiger partial charge is 0.498 e. The standard InChI is InChI=1S/C36H53NO6/c1-21-8-9-29(42-16-6-7-31(41)43-34(2,3)22-11-14-37-15-12-22)25-19-27-32-26(20-30(40)36(27,5)33(21)25)35(4)13-10-24(38)17-23(35)18-28(32)39/h21-23,26-27,32-33,37H,6-20H2,1-5H3/t21-,23+,26+,27+,32-,33+,35+,36-/m1/s1. The molecule has 238 valence electrons. The lowest BCUT2D eigenvalue weighted by molar-refractivity contribution is -0.167. The second-order valence-electron chi connectivity index (χ2n) is 16.0. The van der Waals surface area contributed by atoms with Gasteiger partial charge in [-0.2, -0.15) is 0 Å². The number of fused-ring (bicyclic) bond motifs is 7. The smallest absolute Gasteiger partial charge is 0.306 e. The zero-order valence-electron chi connectivity index (χ0n) is 27.1. The van der Waals surface area contributed by atoms with Crippen molar-refractivity contribution in [1.82, 2.24) is 5.32 Å². The van der Waals surface area contributed by atoms with E-state index in [4.69, 9.17) is 9.47 Å². The first-order valence-corrected chi connectivity index (χ1v) is 17.2. The van der Waals surface area contributed by atoms with Crippen LogP contribution >= 0.6 is 0 Å². The van der Waals surface area contributed by atoms with Gasteiger partial charge in [-0.3, -0.25) is 19.2 Å². The molecule has 8 atom stereocenters. The normalized spacial score (nSPS) is 40.0. The predicted octanol–water partition coefficient (Wildman–Crippen LogP) is 5.98. The molecule has 1 N–H and O–H groups in total. The molecule has 0 aromatic rings. The average Bonchev–Trinajstić information content (AvgIpc) is 3.29. The SMILES string of the molecule is C[C@@H]1CCC(OCCCC(=O)OC(C)(C)C2CCNCC2)=C2C[C@H]3[C@@H]4C(=O)C[C@@H]5CC(=O)CC[C@]5(C)[C@H]4CC(=O)[C@]3(C)[C@H]21. The van der Waals surface area contributed by atoms with E-state index in [0.29, 0.717) is 62.8 Å². The molecule has 6 rings (SSSR count). The van der Waals surface area contributed by atoms with Gasteiger partial charge >= 0.3 is 5.97 Å². The van der Waals surface area contributed by atoms with Gasteiger partial charge in [-0.05, 0) is 106 Å². The lowest BCUT2D eigenvalue weighted by atomic mass is 9.44. The van der Waals surface area contributed by atoms with E-state index in [9.17, 15) is 19.2 Å². The summed E-state index contributed by atoms with van der Waals surface area (Å²) in [5, 5.41) is 3.37.